The molecule has 3 aromatic rings. The standard InChI is InChI=1S/C23H27N7O3S/c1-16-6-7-24-21(12-16)28-22-14-23(26-15-25-22)29-8-10-30(11-9-29)34(32,33)20-5-4-19(13-17(20)2)27-18(3)31/h4-7,12-15H,8-11H2,1-3H3,(H,27,31)(H,24,25,26,28). The van der Waals surface area contributed by atoms with Crippen LogP contribution in [0.1, 0.15) is 18.1 Å². The van der Waals surface area contributed by atoms with Gasteiger partial charge in [0.1, 0.15) is 23.8 Å². The molecule has 178 valence electrons. The van der Waals surface area contributed by atoms with E-state index in [4.69, 9.17) is 0 Å². The van der Waals surface area contributed by atoms with Crippen molar-refractivity contribution in [2.45, 2.75) is 25.7 Å². The van der Waals surface area contributed by atoms with Crippen LogP contribution in [-0.2, 0) is 14.8 Å². The summed E-state index contributed by atoms with van der Waals surface area (Å²) in [7, 11) is -3.66. The Labute approximate surface area is 199 Å². The topological polar surface area (TPSA) is 120 Å². The Kier molecular flexibility index (Phi) is 6.75. The minimum absolute atomic E-state index is 0.204. The van der Waals surface area contributed by atoms with Crippen molar-refractivity contribution in [2.75, 3.05) is 41.7 Å². The van der Waals surface area contributed by atoms with Gasteiger partial charge in [-0.1, -0.05) is 0 Å². The summed E-state index contributed by atoms with van der Waals surface area (Å²) in [5.74, 6) is 1.83. The number of aryl methyl sites for hydroxylation is 2. The van der Waals surface area contributed by atoms with Gasteiger partial charge in [0.15, 0.2) is 0 Å². The van der Waals surface area contributed by atoms with E-state index < -0.39 is 10.0 Å². The van der Waals surface area contributed by atoms with Crippen LogP contribution in [0.3, 0.4) is 0 Å². The van der Waals surface area contributed by atoms with E-state index in [9.17, 15) is 13.2 Å². The number of carbonyl (C=O) groups is 1. The van der Waals surface area contributed by atoms with Crippen LogP contribution in [0, 0.1) is 13.8 Å². The summed E-state index contributed by atoms with van der Waals surface area (Å²) in [6, 6.07) is 10.5. The molecule has 10 nitrogen and oxygen atoms in total. The number of anilines is 4. The molecule has 0 atom stereocenters. The van der Waals surface area contributed by atoms with Crippen molar-refractivity contribution in [1.82, 2.24) is 19.3 Å². The molecule has 1 aliphatic heterocycles. The summed E-state index contributed by atoms with van der Waals surface area (Å²) in [5, 5.41) is 5.85. The van der Waals surface area contributed by atoms with Crippen LogP contribution in [0.25, 0.3) is 0 Å². The number of amides is 1. The highest BCUT2D eigenvalue weighted by Gasteiger charge is 2.30. The maximum atomic E-state index is 13.2. The fraction of sp³-hybridized carbons (Fsp3) is 0.304. The molecule has 4 rings (SSSR count). The van der Waals surface area contributed by atoms with Crippen LogP contribution in [-0.4, -0.2) is 59.8 Å². The van der Waals surface area contributed by atoms with Gasteiger partial charge in [-0.3, -0.25) is 4.79 Å². The van der Waals surface area contributed by atoms with Gasteiger partial charge in [0.25, 0.3) is 0 Å². The van der Waals surface area contributed by atoms with E-state index in [0.717, 1.165) is 11.4 Å². The van der Waals surface area contributed by atoms with E-state index in [1.54, 1.807) is 31.3 Å². The number of sulfonamides is 1. The highest BCUT2D eigenvalue weighted by molar-refractivity contribution is 7.89. The molecule has 2 aromatic heterocycles. The van der Waals surface area contributed by atoms with Gasteiger partial charge in [0, 0.05) is 51.1 Å². The normalized spacial score (nSPS) is 14.6. The second-order valence-corrected chi connectivity index (χ2v) is 10.1. The van der Waals surface area contributed by atoms with Gasteiger partial charge in [-0.2, -0.15) is 4.31 Å². The Morgan fingerprint density at radius 1 is 0.941 bits per heavy atom. The number of piperazine rings is 1. The quantitative estimate of drug-likeness (QED) is 0.551. The van der Waals surface area contributed by atoms with E-state index in [2.05, 4.69) is 25.6 Å². The van der Waals surface area contributed by atoms with Gasteiger partial charge in [0.05, 0.1) is 4.90 Å². The maximum Gasteiger partial charge on any atom is 0.243 e. The van der Waals surface area contributed by atoms with E-state index in [-0.39, 0.29) is 10.8 Å². The number of nitrogens with zero attached hydrogens (tertiary/aromatic N) is 5. The number of hydrogen-bond acceptors (Lipinski definition) is 8. The molecule has 0 unspecified atom stereocenters. The molecule has 0 aliphatic carbocycles. The third-order valence-electron chi connectivity index (χ3n) is 5.50. The Morgan fingerprint density at radius 2 is 1.68 bits per heavy atom. The van der Waals surface area contributed by atoms with E-state index >= 15 is 0 Å². The molecule has 1 fully saturated rings. The Bertz CT molecular complexity index is 1310. The minimum atomic E-state index is -3.66. The second-order valence-electron chi connectivity index (χ2n) is 8.16. The molecule has 1 aromatic carbocycles. The van der Waals surface area contributed by atoms with E-state index in [0.29, 0.717) is 49.1 Å². The van der Waals surface area contributed by atoms with E-state index in [1.165, 1.54) is 17.6 Å². The fourth-order valence-electron chi connectivity index (χ4n) is 3.84. The van der Waals surface area contributed by atoms with Crippen molar-refractivity contribution in [2.24, 2.45) is 0 Å². The molecule has 0 radical (unpaired) electrons. The zero-order valence-electron chi connectivity index (χ0n) is 19.3. The first kappa shape index (κ1) is 23.6. The molecule has 2 N–H and O–H groups in total. The molecular weight excluding hydrogens is 454 g/mol. The van der Waals surface area contributed by atoms with Crippen LogP contribution in [0.4, 0.5) is 23.1 Å². The van der Waals surface area contributed by atoms with Crippen LogP contribution >= 0.6 is 0 Å². The summed E-state index contributed by atoms with van der Waals surface area (Å²) < 4.78 is 28.0. The highest BCUT2D eigenvalue weighted by atomic mass is 32.2. The van der Waals surface area contributed by atoms with Gasteiger partial charge in [-0.25, -0.2) is 23.4 Å². The third kappa shape index (κ3) is 5.32. The van der Waals surface area contributed by atoms with Crippen LogP contribution in [0.2, 0.25) is 0 Å². The number of carbonyl (C=O) groups excluding carboxylic acids is 1. The number of hydrogen-bond donors (Lipinski definition) is 2. The van der Waals surface area contributed by atoms with Crippen LogP contribution in [0.5, 0.6) is 0 Å². The van der Waals surface area contributed by atoms with Crippen molar-refractivity contribution in [1.29, 1.82) is 0 Å². The van der Waals surface area contributed by atoms with Crippen molar-refractivity contribution in [3.63, 3.8) is 0 Å². The number of aromatic nitrogens is 3. The van der Waals surface area contributed by atoms with Gasteiger partial charge >= 0.3 is 0 Å². The summed E-state index contributed by atoms with van der Waals surface area (Å²) in [6.07, 6.45) is 3.21. The Hall–Kier alpha value is -3.57. The molecule has 11 heteroatoms. The molecule has 0 saturated carbocycles. The van der Waals surface area contributed by atoms with Crippen LogP contribution < -0.4 is 15.5 Å². The van der Waals surface area contributed by atoms with Crippen molar-refractivity contribution >= 4 is 39.1 Å². The molecule has 0 spiro atoms. The molecule has 1 amide bonds. The lowest BCUT2D eigenvalue weighted by Gasteiger charge is -2.35. The smallest absolute Gasteiger partial charge is 0.243 e. The summed E-state index contributed by atoms with van der Waals surface area (Å²) >= 11 is 0. The Balaban J connectivity index is 1.43. The first-order valence-electron chi connectivity index (χ1n) is 10.9. The van der Waals surface area contributed by atoms with Gasteiger partial charge < -0.3 is 15.5 Å². The number of pyridine rings is 1. The molecule has 1 saturated heterocycles. The summed E-state index contributed by atoms with van der Waals surface area (Å²) in [5.41, 5.74) is 2.25. The number of benzene rings is 1. The molecule has 34 heavy (non-hydrogen) atoms. The lowest BCUT2D eigenvalue weighted by Crippen LogP contribution is -2.49. The fourth-order valence-corrected chi connectivity index (χ4v) is 5.47. The van der Waals surface area contributed by atoms with Gasteiger partial charge in [-0.05, 0) is 55.3 Å². The number of rotatable bonds is 6. The SMILES string of the molecule is CC(=O)Nc1ccc(S(=O)(=O)N2CCN(c3cc(Nc4cc(C)ccn4)ncn3)CC2)c(C)c1. The Morgan fingerprint density at radius 3 is 2.35 bits per heavy atom. The third-order valence-corrected chi connectivity index (χ3v) is 7.56. The average molecular weight is 482 g/mol. The molecule has 3 heterocycles. The van der Waals surface area contributed by atoms with Crippen molar-refractivity contribution in [3.8, 4) is 0 Å². The predicted molar refractivity (Wildman–Crippen MR) is 131 cm³/mol. The lowest BCUT2D eigenvalue weighted by atomic mass is 10.2. The van der Waals surface area contributed by atoms with Gasteiger partial charge in [-0.15, -0.1) is 0 Å². The predicted octanol–water partition coefficient (Wildman–Crippen LogP) is 2.70. The average Bonchev–Trinajstić information content (AvgIpc) is 2.79. The first-order valence-corrected chi connectivity index (χ1v) is 12.3. The first-order chi connectivity index (χ1) is 16.2. The highest BCUT2D eigenvalue weighted by Crippen LogP contribution is 2.25. The van der Waals surface area contributed by atoms with Gasteiger partial charge in [0.2, 0.25) is 15.9 Å². The summed E-state index contributed by atoms with van der Waals surface area (Å²) in [4.78, 5) is 26.5. The largest absolute Gasteiger partial charge is 0.354 e. The van der Waals surface area contributed by atoms with Crippen LogP contribution in [0.15, 0.2) is 53.8 Å². The zero-order chi connectivity index (χ0) is 24.3. The molecular formula is C23H27N7O3S. The molecule has 1 aliphatic rings. The monoisotopic (exact) mass is 481 g/mol. The van der Waals surface area contributed by atoms with Crippen molar-refractivity contribution < 1.29 is 13.2 Å². The molecule has 0 bridgehead atoms. The minimum Gasteiger partial charge on any atom is -0.354 e. The van der Waals surface area contributed by atoms with E-state index in [1.807, 2.05) is 30.0 Å². The lowest BCUT2D eigenvalue weighted by molar-refractivity contribution is -0.114. The zero-order valence-corrected chi connectivity index (χ0v) is 20.1. The summed E-state index contributed by atoms with van der Waals surface area (Å²) in [6.45, 7) is 6.80. The second kappa shape index (κ2) is 9.74. The van der Waals surface area contributed by atoms with Crippen molar-refractivity contribution in [3.05, 3.63) is 60.0 Å². The number of nitrogens with one attached hydrogen (secondary N) is 2. The maximum absolute atomic E-state index is 13.2.